The van der Waals surface area contributed by atoms with E-state index < -0.39 is 0 Å². The lowest BCUT2D eigenvalue weighted by molar-refractivity contribution is 0.658. The van der Waals surface area contributed by atoms with Gasteiger partial charge < -0.3 is 0 Å². The van der Waals surface area contributed by atoms with Crippen LogP contribution in [0.4, 0.5) is 0 Å². The molecule has 29 heavy (non-hydrogen) atoms. The molecule has 4 aromatic rings. The molecule has 0 amide bonds. The van der Waals surface area contributed by atoms with Gasteiger partial charge in [0, 0.05) is 10.8 Å². The van der Waals surface area contributed by atoms with Gasteiger partial charge in [0.1, 0.15) is 0 Å². The van der Waals surface area contributed by atoms with Gasteiger partial charge >= 0.3 is 0 Å². The van der Waals surface area contributed by atoms with Gasteiger partial charge in [0.25, 0.3) is 5.56 Å². The van der Waals surface area contributed by atoms with E-state index in [0.717, 1.165) is 16.8 Å². The second-order valence-electron chi connectivity index (χ2n) is 7.11. The maximum atomic E-state index is 13.3. The fraction of sp³-hybridized carbons (Fsp3) is 0.167. The van der Waals surface area contributed by atoms with Crippen LogP contribution < -0.4 is 5.56 Å². The number of aromatic nitrogens is 2. The Kier molecular flexibility index (Phi) is 5.74. The third-order valence-electron chi connectivity index (χ3n) is 4.97. The van der Waals surface area contributed by atoms with Crippen LogP contribution in [0.2, 0.25) is 5.02 Å². The normalized spacial score (nSPS) is 11.1. The number of para-hydroxylation sites is 1. The molecule has 0 spiro atoms. The molecule has 1 heterocycles. The maximum absolute atomic E-state index is 13.3. The van der Waals surface area contributed by atoms with Gasteiger partial charge in [0.15, 0.2) is 5.16 Å². The van der Waals surface area contributed by atoms with E-state index in [-0.39, 0.29) is 5.56 Å². The third kappa shape index (κ3) is 4.24. The van der Waals surface area contributed by atoms with Crippen molar-refractivity contribution in [3.63, 3.8) is 0 Å². The van der Waals surface area contributed by atoms with Crippen LogP contribution in [-0.4, -0.2) is 9.55 Å². The number of thioether (sulfide) groups is 1. The predicted octanol–water partition coefficient (Wildman–Crippen LogP) is 6.01. The standard InChI is InChI=1S/C24H21ClN2OS/c1-16-11-12-17(2)19(13-16)15-29-24-26-22-10-6-4-8-20(22)23(28)27(24)14-18-7-3-5-9-21(18)25/h3-13H,14-15H2,1-2H3. The summed E-state index contributed by atoms with van der Waals surface area (Å²) in [6, 6.07) is 21.6. The zero-order chi connectivity index (χ0) is 20.4. The van der Waals surface area contributed by atoms with Crippen LogP contribution in [-0.2, 0) is 12.3 Å². The van der Waals surface area contributed by atoms with Gasteiger partial charge in [-0.1, -0.05) is 77.5 Å². The van der Waals surface area contributed by atoms with Crippen LogP contribution in [0.1, 0.15) is 22.3 Å². The Balaban J connectivity index is 1.78. The Morgan fingerprint density at radius 1 is 0.966 bits per heavy atom. The van der Waals surface area contributed by atoms with E-state index >= 15 is 0 Å². The second-order valence-corrected chi connectivity index (χ2v) is 8.46. The molecule has 0 bridgehead atoms. The molecular formula is C24H21ClN2OS. The Hall–Kier alpha value is -2.56. The molecule has 4 rings (SSSR count). The van der Waals surface area contributed by atoms with Gasteiger partial charge in [-0.3, -0.25) is 9.36 Å². The maximum Gasteiger partial charge on any atom is 0.262 e. The van der Waals surface area contributed by atoms with Gasteiger partial charge in [0.2, 0.25) is 0 Å². The van der Waals surface area contributed by atoms with Crippen molar-refractivity contribution in [1.82, 2.24) is 9.55 Å². The molecule has 0 saturated carbocycles. The first kappa shape index (κ1) is 19.7. The number of aryl methyl sites for hydroxylation is 2. The van der Waals surface area contributed by atoms with E-state index in [1.54, 1.807) is 16.3 Å². The lowest BCUT2D eigenvalue weighted by Gasteiger charge is -2.15. The zero-order valence-electron chi connectivity index (χ0n) is 16.4. The summed E-state index contributed by atoms with van der Waals surface area (Å²) in [5.74, 6) is 0.751. The van der Waals surface area contributed by atoms with E-state index in [0.29, 0.717) is 22.1 Å². The molecule has 1 aromatic heterocycles. The van der Waals surface area contributed by atoms with Crippen LogP contribution in [0.25, 0.3) is 10.9 Å². The monoisotopic (exact) mass is 420 g/mol. The van der Waals surface area contributed by atoms with Crippen molar-refractivity contribution in [2.75, 3.05) is 0 Å². The quantitative estimate of drug-likeness (QED) is 0.293. The van der Waals surface area contributed by atoms with Crippen LogP contribution in [0.15, 0.2) is 76.7 Å². The number of halogens is 1. The fourth-order valence-corrected chi connectivity index (χ4v) is 4.55. The SMILES string of the molecule is Cc1ccc(C)c(CSc2nc3ccccc3c(=O)n2Cc2ccccc2Cl)c1. The summed E-state index contributed by atoms with van der Waals surface area (Å²) >= 11 is 7.95. The van der Waals surface area contributed by atoms with Crippen molar-refractivity contribution in [2.45, 2.75) is 31.3 Å². The minimum atomic E-state index is -0.0426. The molecule has 3 aromatic carbocycles. The van der Waals surface area contributed by atoms with E-state index in [1.807, 2.05) is 48.5 Å². The highest BCUT2D eigenvalue weighted by Crippen LogP contribution is 2.26. The highest BCUT2D eigenvalue weighted by atomic mass is 35.5. The van der Waals surface area contributed by atoms with Crippen LogP contribution in [0.3, 0.4) is 0 Å². The van der Waals surface area contributed by atoms with Gasteiger partial charge in [-0.2, -0.15) is 0 Å². The van der Waals surface area contributed by atoms with Crippen molar-refractivity contribution >= 4 is 34.3 Å². The van der Waals surface area contributed by atoms with E-state index in [2.05, 4.69) is 32.0 Å². The summed E-state index contributed by atoms with van der Waals surface area (Å²) in [5, 5.41) is 1.98. The van der Waals surface area contributed by atoms with E-state index in [4.69, 9.17) is 16.6 Å². The first-order valence-electron chi connectivity index (χ1n) is 9.45. The summed E-state index contributed by atoms with van der Waals surface area (Å²) in [6.07, 6.45) is 0. The van der Waals surface area contributed by atoms with Crippen molar-refractivity contribution < 1.29 is 0 Å². The molecule has 0 saturated heterocycles. The predicted molar refractivity (Wildman–Crippen MR) is 122 cm³/mol. The molecule has 0 aliphatic carbocycles. The number of hydrogen-bond acceptors (Lipinski definition) is 3. The molecular weight excluding hydrogens is 400 g/mol. The average molecular weight is 421 g/mol. The molecule has 0 radical (unpaired) electrons. The number of hydrogen-bond donors (Lipinski definition) is 0. The van der Waals surface area contributed by atoms with Crippen molar-refractivity contribution in [3.8, 4) is 0 Å². The minimum absolute atomic E-state index is 0.0426. The van der Waals surface area contributed by atoms with Gasteiger partial charge in [-0.15, -0.1) is 0 Å². The minimum Gasteiger partial charge on any atom is -0.283 e. The fourth-order valence-electron chi connectivity index (χ4n) is 3.29. The molecule has 0 unspecified atom stereocenters. The topological polar surface area (TPSA) is 34.9 Å². The number of nitrogens with zero attached hydrogens (tertiary/aromatic N) is 2. The average Bonchev–Trinajstić information content (AvgIpc) is 2.72. The highest BCUT2D eigenvalue weighted by Gasteiger charge is 2.14. The lowest BCUT2D eigenvalue weighted by atomic mass is 10.1. The second kappa shape index (κ2) is 8.44. The van der Waals surface area contributed by atoms with Gasteiger partial charge in [-0.25, -0.2) is 4.98 Å². The van der Waals surface area contributed by atoms with E-state index in [9.17, 15) is 4.79 Å². The Labute approximate surface area is 179 Å². The smallest absolute Gasteiger partial charge is 0.262 e. The third-order valence-corrected chi connectivity index (χ3v) is 6.37. The molecule has 0 N–H and O–H groups in total. The first-order chi connectivity index (χ1) is 14.0. The molecule has 3 nitrogen and oxygen atoms in total. The Morgan fingerprint density at radius 3 is 2.55 bits per heavy atom. The molecule has 0 atom stereocenters. The highest BCUT2D eigenvalue weighted by molar-refractivity contribution is 7.98. The molecule has 0 fully saturated rings. The molecule has 0 aliphatic heterocycles. The molecule has 0 aliphatic rings. The summed E-state index contributed by atoms with van der Waals surface area (Å²) in [4.78, 5) is 18.1. The lowest BCUT2D eigenvalue weighted by Crippen LogP contribution is -2.24. The van der Waals surface area contributed by atoms with Crippen LogP contribution >= 0.6 is 23.4 Å². The summed E-state index contributed by atoms with van der Waals surface area (Å²) in [6.45, 7) is 4.60. The summed E-state index contributed by atoms with van der Waals surface area (Å²) in [5.41, 5.74) is 5.30. The number of fused-ring (bicyclic) bond motifs is 1. The number of rotatable bonds is 5. The van der Waals surface area contributed by atoms with Crippen LogP contribution in [0, 0.1) is 13.8 Å². The van der Waals surface area contributed by atoms with Crippen molar-refractivity contribution in [1.29, 1.82) is 0 Å². The zero-order valence-corrected chi connectivity index (χ0v) is 17.9. The summed E-state index contributed by atoms with van der Waals surface area (Å²) < 4.78 is 1.74. The number of benzene rings is 3. The summed E-state index contributed by atoms with van der Waals surface area (Å²) in [7, 11) is 0. The largest absolute Gasteiger partial charge is 0.283 e. The molecule has 146 valence electrons. The van der Waals surface area contributed by atoms with Gasteiger partial charge in [0.05, 0.1) is 17.4 Å². The first-order valence-corrected chi connectivity index (χ1v) is 10.8. The Morgan fingerprint density at radius 2 is 1.72 bits per heavy atom. The van der Waals surface area contributed by atoms with E-state index in [1.165, 1.54) is 16.7 Å². The Bertz CT molecular complexity index is 1250. The van der Waals surface area contributed by atoms with Crippen molar-refractivity contribution in [3.05, 3.63) is 104 Å². The van der Waals surface area contributed by atoms with Crippen molar-refractivity contribution in [2.24, 2.45) is 0 Å². The molecule has 5 heteroatoms. The van der Waals surface area contributed by atoms with Crippen LogP contribution in [0.5, 0.6) is 0 Å². The van der Waals surface area contributed by atoms with Gasteiger partial charge in [-0.05, 0) is 48.7 Å².